The van der Waals surface area contributed by atoms with Gasteiger partial charge in [0.25, 0.3) is 5.89 Å². The van der Waals surface area contributed by atoms with E-state index in [0.29, 0.717) is 17.0 Å². The van der Waals surface area contributed by atoms with Gasteiger partial charge in [0.2, 0.25) is 5.82 Å². The van der Waals surface area contributed by atoms with E-state index in [-0.39, 0.29) is 17.2 Å². The number of hydrogen-bond acceptors (Lipinski definition) is 6. The van der Waals surface area contributed by atoms with Crippen molar-refractivity contribution < 1.29 is 27.5 Å². The lowest BCUT2D eigenvalue weighted by Gasteiger charge is -2.19. The summed E-state index contributed by atoms with van der Waals surface area (Å²) in [6, 6.07) is 9.72. The number of hydrogen-bond donors (Lipinski definition) is 2. The molecule has 10 heteroatoms. The number of aliphatic hydroxyl groups is 1. The maximum Gasteiger partial charge on any atom is 0.425 e. The Morgan fingerprint density at radius 1 is 1.17 bits per heavy atom. The van der Waals surface area contributed by atoms with Gasteiger partial charge >= 0.3 is 6.18 Å². The second-order valence-electron chi connectivity index (χ2n) is 6.34. The van der Waals surface area contributed by atoms with E-state index in [1.807, 2.05) is 12.1 Å². The first-order chi connectivity index (χ1) is 13.8. The number of fused-ring (bicyclic) bond motifs is 1. The van der Waals surface area contributed by atoms with Crippen molar-refractivity contribution in [2.45, 2.75) is 25.8 Å². The van der Waals surface area contributed by atoms with Crippen LogP contribution in [-0.2, 0) is 6.61 Å². The molecule has 0 saturated carbocycles. The minimum Gasteiger partial charge on any atom is -0.481 e. The Labute approximate surface area is 162 Å². The molecule has 0 amide bonds. The molecule has 0 aliphatic carbocycles. The third-order valence-electron chi connectivity index (χ3n) is 4.35. The van der Waals surface area contributed by atoms with Gasteiger partial charge in [0, 0.05) is 16.7 Å². The van der Waals surface area contributed by atoms with E-state index in [4.69, 9.17) is 9.26 Å². The van der Waals surface area contributed by atoms with Crippen molar-refractivity contribution in [1.82, 2.24) is 20.1 Å². The van der Waals surface area contributed by atoms with E-state index in [9.17, 15) is 18.3 Å². The van der Waals surface area contributed by atoms with Gasteiger partial charge in [-0.2, -0.15) is 18.2 Å². The van der Waals surface area contributed by atoms with Crippen molar-refractivity contribution in [2.75, 3.05) is 0 Å². The molecule has 4 aromatic rings. The molecule has 0 spiro atoms. The Morgan fingerprint density at radius 2 is 1.97 bits per heavy atom. The third kappa shape index (κ3) is 3.79. The molecule has 29 heavy (non-hydrogen) atoms. The van der Waals surface area contributed by atoms with Gasteiger partial charge in [0.15, 0.2) is 6.10 Å². The zero-order valence-electron chi connectivity index (χ0n) is 15.1. The summed E-state index contributed by atoms with van der Waals surface area (Å²) >= 11 is 0. The fourth-order valence-corrected chi connectivity index (χ4v) is 2.74. The summed E-state index contributed by atoms with van der Waals surface area (Å²) in [6.07, 6.45) is -4.94. The second kappa shape index (κ2) is 7.21. The number of nitrogens with zero attached hydrogens (tertiary/aromatic N) is 3. The largest absolute Gasteiger partial charge is 0.481 e. The summed E-state index contributed by atoms with van der Waals surface area (Å²) in [4.78, 5) is 11.5. The molecule has 0 aliphatic rings. The highest BCUT2D eigenvalue weighted by Crippen LogP contribution is 2.31. The first kappa shape index (κ1) is 18.9. The number of ether oxygens (including phenoxy) is 1. The van der Waals surface area contributed by atoms with Crippen molar-refractivity contribution >= 4 is 11.0 Å². The second-order valence-corrected chi connectivity index (χ2v) is 6.34. The van der Waals surface area contributed by atoms with Gasteiger partial charge in [-0.15, -0.1) is 0 Å². The van der Waals surface area contributed by atoms with Crippen LogP contribution in [0.25, 0.3) is 33.9 Å². The number of alkyl halides is 3. The van der Waals surface area contributed by atoms with Crippen LogP contribution in [0.2, 0.25) is 0 Å². The Bertz CT molecular complexity index is 1150. The maximum absolute atomic E-state index is 12.7. The van der Waals surface area contributed by atoms with E-state index in [1.165, 1.54) is 18.2 Å². The number of aromatic amines is 1. The van der Waals surface area contributed by atoms with Crippen LogP contribution in [0.15, 0.2) is 47.2 Å². The topological polar surface area (TPSA) is 97.1 Å². The monoisotopic (exact) mass is 404 g/mol. The molecular formula is C19H15F3N4O3. The predicted molar refractivity (Wildman–Crippen MR) is 96.9 cm³/mol. The molecule has 150 valence electrons. The summed E-state index contributed by atoms with van der Waals surface area (Å²) in [5.41, 5.74) is 2.95. The van der Waals surface area contributed by atoms with Gasteiger partial charge in [-0.1, -0.05) is 5.16 Å². The lowest BCUT2D eigenvalue weighted by Crippen LogP contribution is -2.31. The van der Waals surface area contributed by atoms with Crippen LogP contribution >= 0.6 is 0 Å². The third-order valence-corrected chi connectivity index (χ3v) is 4.35. The van der Waals surface area contributed by atoms with Gasteiger partial charge < -0.3 is 19.4 Å². The summed E-state index contributed by atoms with van der Waals surface area (Å²) in [5.74, 6) is 0.438. The maximum atomic E-state index is 12.7. The number of H-pyrrole nitrogens is 1. The lowest BCUT2D eigenvalue weighted by atomic mass is 10.1. The Kier molecular flexibility index (Phi) is 4.71. The van der Waals surface area contributed by atoms with Crippen molar-refractivity contribution in [3.63, 3.8) is 0 Å². The molecule has 1 atom stereocenters. The average molecular weight is 404 g/mol. The molecule has 0 bridgehead atoms. The number of halogens is 3. The number of imidazole rings is 1. The minimum absolute atomic E-state index is 0.0643. The van der Waals surface area contributed by atoms with Crippen molar-refractivity contribution in [1.29, 1.82) is 0 Å². The molecule has 1 unspecified atom stereocenters. The molecule has 2 aromatic carbocycles. The highest BCUT2D eigenvalue weighted by Gasteiger charge is 2.38. The Morgan fingerprint density at radius 3 is 2.72 bits per heavy atom. The standard InChI is InChI=1S/C19H15F3N4O3/c1-10(19(20,21)22)28-16-5-3-12(6-13(16)8-27)18-25-17(26-29-18)11-2-4-14-15(7-11)24-9-23-14/h2-7,9-10,27H,8H2,1H3,(H,23,24). The Balaban J connectivity index is 1.62. The normalized spacial score (nSPS) is 13.0. The highest BCUT2D eigenvalue weighted by atomic mass is 19.4. The molecule has 0 saturated heterocycles. The van der Waals surface area contributed by atoms with E-state index in [2.05, 4.69) is 20.1 Å². The van der Waals surface area contributed by atoms with Gasteiger partial charge in [-0.3, -0.25) is 0 Å². The highest BCUT2D eigenvalue weighted by molar-refractivity contribution is 5.80. The summed E-state index contributed by atoms with van der Waals surface area (Å²) in [5, 5.41) is 13.5. The quantitative estimate of drug-likeness (QED) is 0.520. The molecule has 2 heterocycles. The van der Waals surface area contributed by atoms with E-state index >= 15 is 0 Å². The molecule has 4 rings (SSSR count). The van der Waals surface area contributed by atoms with Crippen LogP contribution in [0.1, 0.15) is 12.5 Å². The van der Waals surface area contributed by atoms with Gasteiger partial charge in [-0.05, 0) is 43.3 Å². The van der Waals surface area contributed by atoms with Crippen LogP contribution in [0, 0.1) is 0 Å². The lowest BCUT2D eigenvalue weighted by molar-refractivity contribution is -0.189. The molecular weight excluding hydrogens is 389 g/mol. The SMILES string of the molecule is CC(Oc1ccc(-c2nc(-c3ccc4nc[nH]c4c3)no2)cc1CO)C(F)(F)F. The number of aromatic nitrogens is 4. The fraction of sp³-hybridized carbons (Fsp3) is 0.211. The molecule has 2 N–H and O–H groups in total. The zero-order chi connectivity index (χ0) is 20.6. The Hall–Kier alpha value is -3.40. The van der Waals surface area contributed by atoms with E-state index in [1.54, 1.807) is 12.4 Å². The average Bonchev–Trinajstić information content (AvgIpc) is 3.36. The zero-order valence-corrected chi connectivity index (χ0v) is 15.1. The minimum atomic E-state index is -4.51. The smallest absolute Gasteiger partial charge is 0.425 e. The number of rotatable bonds is 5. The summed E-state index contributed by atoms with van der Waals surface area (Å²) < 4.78 is 48.4. The molecule has 0 fully saturated rings. The summed E-state index contributed by atoms with van der Waals surface area (Å²) in [6.45, 7) is 0.390. The van der Waals surface area contributed by atoms with Crippen molar-refractivity contribution in [2.24, 2.45) is 0 Å². The molecule has 0 radical (unpaired) electrons. The summed E-state index contributed by atoms with van der Waals surface area (Å²) in [7, 11) is 0. The first-order valence-electron chi connectivity index (χ1n) is 8.60. The molecule has 2 aromatic heterocycles. The van der Waals surface area contributed by atoms with Gasteiger partial charge in [-0.25, -0.2) is 4.98 Å². The fourth-order valence-electron chi connectivity index (χ4n) is 2.74. The molecule has 0 aliphatic heterocycles. The molecule has 7 nitrogen and oxygen atoms in total. The number of aliphatic hydroxyl groups excluding tert-OH is 1. The first-order valence-corrected chi connectivity index (χ1v) is 8.60. The van der Waals surface area contributed by atoms with Crippen LogP contribution in [-0.4, -0.2) is 37.5 Å². The van der Waals surface area contributed by atoms with E-state index < -0.39 is 18.9 Å². The van der Waals surface area contributed by atoms with Crippen LogP contribution in [0.4, 0.5) is 13.2 Å². The van der Waals surface area contributed by atoms with Crippen molar-refractivity contribution in [3.05, 3.63) is 48.3 Å². The van der Waals surface area contributed by atoms with Gasteiger partial charge in [0.1, 0.15) is 5.75 Å². The number of benzene rings is 2. The van der Waals surface area contributed by atoms with E-state index in [0.717, 1.165) is 18.0 Å². The van der Waals surface area contributed by atoms with Crippen LogP contribution < -0.4 is 4.74 Å². The van der Waals surface area contributed by atoms with Crippen molar-refractivity contribution in [3.8, 4) is 28.6 Å². The van der Waals surface area contributed by atoms with Crippen LogP contribution in [0.5, 0.6) is 5.75 Å². The number of nitrogens with one attached hydrogen (secondary N) is 1. The predicted octanol–water partition coefficient (Wildman–Crippen LogP) is 4.10. The van der Waals surface area contributed by atoms with Crippen LogP contribution in [0.3, 0.4) is 0 Å². The van der Waals surface area contributed by atoms with Gasteiger partial charge in [0.05, 0.1) is 24.0 Å².